The van der Waals surface area contributed by atoms with E-state index in [1.807, 2.05) is 20.8 Å². The third-order valence-electron chi connectivity index (χ3n) is 5.25. The predicted molar refractivity (Wildman–Crippen MR) is 89.7 cm³/mol. The van der Waals surface area contributed by atoms with Crippen molar-refractivity contribution in [1.29, 1.82) is 0 Å². The summed E-state index contributed by atoms with van der Waals surface area (Å²) in [7, 11) is 0. The van der Waals surface area contributed by atoms with Crippen LogP contribution in [0.4, 0.5) is 0 Å². The van der Waals surface area contributed by atoms with Gasteiger partial charge in [0.2, 0.25) is 5.91 Å². The van der Waals surface area contributed by atoms with Gasteiger partial charge in [-0.3, -0.25) is 9.69 Å². The molecule has 120 valence electrons. The van der Waals surface area contributed by atoms with Gasteiger partial charge in [0.1, 0.15) is 0 Å². The van der Waals surface area contributed by atoms with Crippen molar-refractivity contribution in [3.05, 3.63) is 35.4 Å². The Labute approximate surface area is 134 Å². The van der Waals surface area contributed by atoms with Crippen molar-refractivity contribution < 1.29 is 4.79 Å². The molecule has 1 aliphatic carbocycles. The third kappa shape index (κ3) is 2.56. The summed E-state index contributed by atoms with van der Waals surface area (Å²) in [5, 5.41) is 3.34. The zero-order chi connectivity index (χ0) is 16.1. The maximum Gasteiger partial charge on any atom is 0.225 e. The second-order valence-electron chi connectivity index (χ2n) is 8.15. The molecular formula is C19H28N2O. The number of benzene rings is 1. The molecular weight excluding hydrogens is 272 g/mol. The number of carbonyl (C=O) groups is 1. The summed E-state index contributed by atoms with van der Waals surface area (Å²) in [6, 6.07) is 9.40. The summed E-state index contributed by atoms with van der Waals surface area (Å²) < 4.78 is 0. The highest BCUT2D eigenvalue weighted by atomic mass is 16.2. The molecule has 3 heteroatoms. The minimum atomic E-state index is -0.344. The van der Waals surface area contributed by atoms with Gasteiger partial charge in [0.15, 0.2) is 0 Å². The van der Waals surface area contributed by atoms with E-state index >= 15 is 0 Å². The molecule has 3 atom stereocenters. The molecule has 0 bridgehead atoms. The van der Waals surface area contributed by atoms with Crippen molar-refractivity contribution in [3.8, 4) is 0 Å². The molecule has 0 saturated carbocycles. The van der Waals surface area contributed by atoms with E-state index in [4.69, 9.17) is 0 Å². The zero-order valence-corrected chi connectivity index (χ0v) is 14.4. The van der Waals surface area contributed by atoms with Gasteiger partial charge in [0, 0.05) is 36.4 Å². The molecule has 1 aromatic rings. The molecule has 1 heterocycles. The second kappa shape index (κ2) is 5.38. The first-order valence-corrected chi connectivity index (χ1v) is 8.43. The smallest absolute Gasteiger partial charge is 0.225 e. The van der Waals surface area contributed by atoms with E-state index in [0.717, 1.165) is 13.1 Å². The highest BCUT2D eigenvalue weighted by molar-refractivity contribution is 5.82. The van der Waals surface area contributed by atoms with Crippen molar-refractivity contribution in [2.45, 2.75) is 52.6 Å². The van der Waals surface area contributed by atoms with Crippen molar-refractivity contribution in [1.82, 2.24) is 10.2 Å². The fourth-order valence-corrected chi connectivity index (χ4v) is 3.85. The van der Waals surface area contributed by atoms with Gasteiger partial charge in [-0.15, -0.1) is 0 Å². The van der Waals surface area contributed by atoms with Crippen molar-refractivity contribution in [2.24, 2.45) is 11.3 Å². The number of amides is 1. The molecule has 1 saturated heterocycles. The average molecular weight is 300 g/mol. The maximum atomic E-state index is 12.5. The lowest BCUT2D eigenvalue weighted by molar-refractivity contribution is -0.129. The highest BCUT2D eigenvalue weighted by Gasteiger charge is 2.47. The Morgan fingerprint density at radius 3 is 2.41 bits per heavy atom. The van der Waals surface area contributed by atoms with Crippen LogP contribution in [-0.2, 0) is 4.79 Å². The van der Waals surface area contributed by atoms with E-state index in [2.05, 4.69) is 48.3 Å². The van der Waals surface area contributed by atoms with E-state index in [1.165, 1.54) is 11.1 Å². The van der Waals surface area contributed by atoms with E-state index in [9.17, 15) is 4.79 Å². The lowest BCUT2D eigenvalue weighted by Crippen LogP contribution is -2.40. The fraction of sp³-hybridized carbons (Fsp3) is 0.632. The summed E-state index contributed by atoms with van der Waals surface area (Å²) in [6.07, 6.45) is 0. The summed E-state index contributed by atoms with van der Waals surface area (Å²) >= 11 is 0. The number of fused-ring (bicyclic) bond motifs is 3. The average Bonchev–Trinajstić information content (AvgIpc) is 2.98. The van der Waals surface area contributed by atoms with E-state index in [-0.39, 0.29) is 17.4 Å². The van der Waals surface area contributed by atoms with E-state index < -0.39 is 0 Å². The molecule has 22 heavy (non-hydrogen) atoms. The first-order chi connectivity index (χ1) is 10.3. The lowest BCUT2D eigenvalue weighted by Gasteiger charge is -2.27. The van der Waals surface area contributed by atoms with Gasteiger partial charge in [-0.05, 0) is 25.0 Å². The minimum Gasteiger partial charge on any atom is -0.348 e. The molecule has 0 aromatic heterocycles. The number of hydrogen-bond donors (Lipinski definition) is 1. The van der Waals surface area contributed by atoms with Gasteiger partial charge >= 0.3 is 0 Å². The van der Waals surface area contributed by atoms with Gasteiger partial charge in [0.05, 0.1) is 6.04 Å². The number of hydrogen-bond acceptors (Lipinski definition) is 2. The van der Waals surface area contributed by atoms with Crippen LogP contribution in [0.2, 0.25) is 0 Å². The molecule has 1 N–H and O–H groups in total. The Bertz CT molecular complexity index is 573. The molecule has 1 fully saturated rings. The van der Waals surface area contributed by atoms with Gasteiger partial charge in [-0.2, -0.15) is 0 Å². The molecule has 1 aromatic carbocycles. The van der Waals surface area contributed by atoms with Gasteiger partial charge in [-0.1, -0.05) is 45.0 Å². The van der Waals surface area contributed by atoms with Gasteiger partial charge in [0.25, 0.3) is 0 Å². The number of rotatable bonds is 2. The Balaban J connectivity index is 1.90. The predicted octanol–water partition coefficient (Wildman–Crippen LogP) is 3.33. The minimum absolute atomic E-state index is 0.149. The Morgan fingerprint density at radius 1 is 1.18 bits per heavy atom. The van der Waals surface area contributed by atoms with Crippen LogP contribution >= 0.6 is 0 Å². The third-order valence-corrected chi connectivity index (χ3v) is 5.25. The Kier molecular flexibility index (Phi) is 3.80. The monoisotopic (exact) mass is 300 g/mol. The van der Waals surface area contributed by atoms with Crippen LogP contribution in [0, 0.1) is 11.3 Å². The number of nitrogens with zero attached hydrogens (tertiary/aromatic N) is 1. The van der Waals surface area contributed by atoms with Crippen molar-refractivity contribution >= 4 is 5.91 Å². The molecule has 0 spiro atoms. The zero-order valence-electron chi connectivity index (χ0n) is 14.4. The van der Waals surface area contributed by atoms with Crippen LogP contribution in [0.5, 0.6) is 0 Å². The van der Waals surface area contributed by atoms with Crippen molar-refractivity contribution in [2.75, 3.05) is 13.1 Å². The molecule has 3 nitrogen and oxygen atoms in total. The largest absolute Gasteiger partial charge is 0.348 e. The fourth-order valence-electron chi connectivity index (χ4n) is 3.85. The van der Waals surface area contributed by atoms with E-state index in [0.29, 0.717) is 17.9 Å². The molecule has 0 radical (unpaired) electrons. The van der Waals surface area contributed by atoms with Crippen molar-refractivity contribution in [3.63, 3.8) is 0 Å². The number of likely N-dealkylation sites (tertiary alicyclic amines) is 1. The molecule has 1 amide bonds. The lowest BCUT2D eigenvalue weighted by atomic mass is 9.91. The summed E-state index contributed by atoms with van der Waals surface area (Å²) in [6.45, 7) is 12.7. The molecule has 3 rings (SSSR count). The summed E-state index contributed by atoms with van der Waals surface area (Å²) in [5.74, 6) is 1.21. The molecule has 2 aliphatic rings. The first-order valence-electron chi connectivity index (χ1n) is 8.43. The quantitative estimate of drug-likeness (QED) is 0.908. The maximum absolute atomic E-state index is 12.5. The molecule has 1 aliphatic heterocycles. The Hall–Kier alpha value is -1.35. The second-order valence-corrected chi connectivity index (χ2v) is 8.15. The summed E-state index contributed by atoms with van der Waals surface area (Å²) in [5.41, 5.74) is 2.43. The SMILES string of the molecule is CC(C)N1C[C@@H]2[C@H](NC(=O)C(C)(C)C)c3ccccc3[C@@H]2C1. The van der Waals surface area contributed by atoms with Crippen LogP contribution in [0.25, 0.3) is 0 Å². The van der Waals surface area contributed by atoms with Crippen LogP contribution in [0.1, 0.15) is 57.7 Å². The Morgan fingerprint density at radius 2 is 1.82 bits per heavy atom. The number of nitrogens with one attached hydrogen (secondary N) is 1. The molecule has 0 unspecified atom stereocenters. The summed E-state index contributed by atoms with van der Waals surface area (Å²) in [4.78, 5) is 15.1. The van der Waals surface area contributed by atoms with Gasteiger partial charge < -0.3 is 5.32 Å². The van der Waals surface area contributed by atoms with Crippen LogP contribution in [0.3, 0.4) is 0 Å². The van der Waals surface area contributed by atoms with Crippen LogP contribution in [-0.4, -0.2) is 29.9 Å². The highest BCUT2D eigenvalue weighted by Crippen LogP contribution is 2.49. The van der Waals surface area contributed by atoms with Gasteiger partial charge in [-0.25, -0.2) is 0 Å². The number of carbonyl (C=O) groups excluding carboxylic acids is 1. The standard InChI is InChI=1S/C19H28N2O/c1-12(2)21-10-15-13-8-6-7-9-14(13)17(16(15)11-21)20-18(22)19(3,4)5/h6-9,12,15-17H,10-11H2,1-5H3,(H,20,22)/t15-,16-,17+/m0/s1. The normalized spacial score (nSPS) is 27.8. The van der Waals surface area contributed by atoms with E-state index in [1.54, 1.807) is 0 Å². The first kappa shape index (κ1) is 15.5. The van der Waals surface area contributed by atoms with Crippen LogP contribution in [0.15, 0.2) is 24.3 Å². The van der Waals surface area contributed by atoms with Crippen LogP contribution < -0.4 is 5.32 Å². The topological polar surface area (TPSA) is 32.3 Å².